The number of carbonyl (C=O) groups is 4. The van der Waals surface area contributed by atoms with E-state index in [2.05, 4.69) is 0 Å². The van der Waals surface area contributed by atoms with E-state index >= 15 is 0 Å². The van der Waals surface area contributed by atoms with E-state index in [4.69, 9.17) is 33.2 Å². The molecule has 0 bridgehead atoms. The van der Waals surface area contributed by atoms with Gasteiger partial charge in [0.1, 0.15) is 11.2 Å². The zero-order valence-corrected chi connectivity index (χ0v) is 43.0. The third kappa shape index (κ3) is 18.6. The zero-order valence-electron chi connectivity index (χ0n) is 43.0. The van der Waals surface area contributed by atoms with Gasteiger partial charge >= 0.3 is 12.2 Å². The molecule has 0 aliphatic carbocycles. The first-order valence-corrected chi connectivity index (χ1v) is 23.9. The number of methoxy groups -OCH3 is 2. The van der Waals surface area contributed by atoms with Gasteiger partial charge in [0, 0.05) is 89.7 Å². The second kappa shape index (κ2) is 26.5. The molecule has 0 unspecified atom stereocenters. The topological polar surface area (TPSA) is 166 Å². The maximum atomic E-state index is 13.7. The molecule has 67 heavy (non-hydrogen) atoms. The number of piperidine rings is 2. The first-order valence-electron chi connectivity index (χ1n) is 23.9. The van der Waals surface area contributed by atoms with Gasteiger partial charge in [-0.15, -0.1) is 0 Å². The number of likely N-dealkylation sites (tertiary alicyclic amines) is 2. The van der Waals surface area contributed by atoms with Crippen LogP contribution in [0.25, 0.3) is 0 Å². The summed E-state index contributed by atoms with van der Waals surface area (Å²) < 4.78 is 38.7. The second-order valence-corrected chi connectivity index (χ2v) is 20.0. The number of aromatic hydroxyl groups is 1. The van der Waals surface area contributed by atoms with E-state index in [1.807, 2.05) is 92.9 Å². The van der Waals surface area contributed by atoms with Gasteiger partial charge in [-0.05, 0) is 145 Å². The maximum absolute atomic E-state index is 13.7. The van der Waals surface area contributed by atoms with E-state index in [1.54, 1.807) is 54.4 Å². The molecule has 0 aromatic heterocycles. The highest BCUT2D eigenvalue weighted by atomic mass is 16.6. The van der Waals surface area contributed by atoms with E-state index in [-0.39, 0.29) is 65.8 Å². The van der Waals surface area contributed by atoms with Crippen molar-refractivity contribution < 1.29 is 57.4 Å². The van der Waals surface area contributed by atoms with Crippen molar-refractivity contribution in [3.8, 4) is 23.0 Å². The van der Waals surface area contributed by atoms with Gasteiger partial charge in [-0.3, -0.25) is 9.59 Å². The number of amides is 4. The van der Waals surface area contributed by atoms with Crippen molar-refractivity contribution in [2.24, 2.45) is 0 Å². The Balaban J connectivity index is 0.000000357. The van der Waals surface area contributed by atoms with Gasteiger partial charge in [0.2, 0.25) is 0 Å². The molecule has 0 spiro atoms. The van der Waals surface area contributed by atoms with Gasteiger partial charge in [-0.25, -0.2) is 9.59 Å². The molecule has 2 aliphatic rings. The van der Waals surface area contributed by atoms with Crippen molar-refractivity contribution >= 4 is 24.0 Å². The molecule has 2 aliphatic heterocycles. The fraction of sp³-hybridized carbons (Fsp3) is 0.686. The summed E-state index contributed by atoms with van der Waals surface area (Å²) in [5.41, 5.74) is -0.154. The van der Waals surface area contributed by atoms with Crippen LogP contribution in [0.2, 0.25) is 0 Å². The molecule has 378 valence electrons. The van der Waals surface area contributed by atoms with Gasteiger partial charge in [0.25, 0.3) is 11.8 Å². The molecule has 2 heterocycles. The highest BCUT2D eigenvalue weighted by Gasteiger charge is 2.36. The zero-order chi connectivity index (χ0) is 50.1. The standard InChI is InChI=1S/C27H44N2O6.C24H38N2O6/c1-19(2)29(22-11-9-14-28(18-22)26(31)35-27(5,6)7)25(30)21-12-13-23(34-20(3)4)24(17-21)33-16-10-15-32-8;1-17(2)26(19-9-7-12-25(16-19)23(29)32-24(3,4)5)22(28)18-10-11-20(27)21(15-18)31-14-8-13-30-6/h12-13,17,19-20,22H,9-11,14-16,18H2,1-8H3;10-11,15,17,19,27H,7-9,12-14,16H2,1-6H3/t22-;19-/m11/s1. The molecule has 2 fully saturated rings. The molecule has 2 aromatic rings. The summed E-state index contributed by atoms with van der Waals surface area (Å²) in [7, 11) is 3.27. The van der Waals surface area contributed by atoms with E-state index in [9.17, 15) is 24.3 Å². The highest BCUT2D eigenvalue weighted by Crippen LogP contribution is 2.32. The highest BCUT2D eigenvalue weighted by molar-refractivity contribution is 5.96. The largest absolute Gasteiger partial charge is 0.504 e. The third-order valence-corrected chi connectivity index (χ3v) is 10.7. The van der Waals surface area contributed by atoms with Gasteiger partial charge < -0.3 is 57.9 Å². The quantitative estimate of drug-likeness (QED) is 0.141. The molecule has 1 N–H and O–H groups in total. The van der Waals surface area contributed by atoms with Crippen LogP contribution in [0, 0.1) is 0 Å². The van der Waals surface area contributed by atoms with Crippen molar-refractivity contribution in [3.05, 3.63) is 47.5 Å². The van der Waals surface area contributed by atoms with Crippen molar-refractivity contribution in [1.29, 1.82) is 0 Å². The number of nitrogens with zero attached hydrogens (tertiary/aromatic N) is 4. The predicted octanol–water partition coefficient (Wildman–Crippen LogP) is 9.20. The molecule has 2 saturated heterocycles. The van der Waals surface area contributed by atoms with E-state index < -0.39 is 11.2 Å². The number of hydrogen-bond acceptors (Lipinski definition) is 12. The number of phenols is 1. The summed E-state index contributed by atoms with van der Waals surface area (Å²) in [4.78, 5) is 59.5. The second-order valence-electron chi connectivity index (χ2n) is 20.0. The summed E-state index contributed by atoms with van der Waals surface area (Å²) >= 11 is 0. The predicted molar refractivity (Wildman–Crippen MR) is 259 cm³/mol. The Bertz CT molecular complexity index is 1870. The molecule has 2 aromatic carbocycles. The third-order valence-electron chi connectivity index (χ3n) is 10.7. The van der Waals surface area contributed by atoms with Crippen LogP contribution < -0.4 is 14.2 Å². The van der Waals surface area contributed by atoms with Gasteiger partial charge in [0.15, 0.2) is 23.0 Å². The van der Waals surface area contributed by atoms with E-state index in [0.29, 0.717) is 81.7 Å². The lowest BCUT2D eigenvalue weighted by Crippen LogP contribution is -2.54. The Hall–Kier alpha value is -4.96. The summed E-state index contributed by atoms with van der Waals surface area (Å²) in [6.07, 6.45) is 3.95. The van der Waals surface area contributed by atoms with Crippen molar-refractivity contribution in [2.75, 3.05) is 66.8 Å². The van der Waals surface area contributed by atoms with Crippen molar-refractivity contribution in [2.45, 2.75) is 163 Å². The first kappa shape index (κ1) is 56.4. The minimum atomic E-state index is -0.566. The van der Waals surface area contributed by atoms with Gasteiger partial charge in [-0.1, -0.05) is 0 Å². The minimum absolute atomic E-state index is 0.0103. The van der Waals surface area contributed by atoms with Crippen LogP contribution in [0.15, 0.2) is 36.4 Å². The summed E-state index contributed by atoms with van der Waals surface area (Å²) in [5.74, 6) is 1.17. The number of carbonyl (C=O) groups excluding carboxylic acids is 4. The minimum Gasteiger partial charge on any atom is -0.504 e. The molecule has 0 saturated carbocycles. The smallest absolute Gasteiger partial charge is 0.410 e. The van der Waals surface area contributed by atoms with E-state index in [1.165, 1.54) is 6.07 Å². The van der Waals surface area contributed by atoms with Crippen LogP contribution in [0.5, 0.6) is 23.0 Å². The molecule has 2 atom stereocenters. The van der Waals surface area contributed by atoms with Crippen molar-refractivity contribution in [1.82, 2.24) is 19.6 Å². The molecule has 16 heteroatoms. The summed E-state index contributed by atoms with van der Waals surface area (Å²) in [6, 6.07) is 9.68. The molecular formula is C51H82N4O12. The van der Waals surface area contributed by atoms with Crippen LogP contribution in [-0.2, 0) is 18.9 Å². The van der Waals surface area contributed by atoms with Crippen LogP contribution >= 0.6 is 0 Å². The normalized spacial score (nSPS) is 16.6. The molecular weight excluding hydrogens is 861 g/mol. The number of rotatable bonds is 18. The van der Waals surface area contributed by atoms with Gasteiger partial charge in [-0.2, -0.15) is 0 Å². The Morgan fingerprint density at radius 1 is 0.627 bits per heavy atom. The lowest BCUT2D eigenvalue weighted by atomic mass is 10.0. The lowest BCUT2D eigenvalue weighted by Gasteiger charge is -2.41. The monoisotopic (exact) mass is 943 g/mol. The number of benzene rings is 2. The summed E-state index contributed by atoms with van der Waals surface area (Å²) in [5, 5.41) is 10.1. The average molecular weight is 943 g/mol. The maximum Gasteiger partial charge on any atom is 0.410 e. The lowest BCUT2D eigenvalue weighted by molar-refractivity contribution is 0.00724. The Morgan fingerprint density at radius 3 is 1.45 bits per heavy atom. The van der Waals surface area contributed by atoms with Gasteiger partial charge in [0.05, 0.1) is 31.4 Å². The number of ether oxygens (including phenoxy) is 7. The van der Waals surface area contributed by atoms with Crippen LogP contribution in [-0.4, -0.2) is 157 Å². The Morgan fingerprint density at radius 2 is 1.04 bits per heavy atom. The molecule has 0 radical (unpaired) electrons. The molecule has 4 amide bonds. The first-order chi connectivity index (χ1) is 31.5. The Kier molecular flexibility index (Phi) is 22.3. The van der Waals surface area contributed by atoms with Crippen molar-refractivity contribution in [3.63, 3.8) is 0 Å². The Labute approximate surface area is 400 Å². The van der Waals surface area contributed by atoms with Crippen LogP contribution in [0.4, 0.5) is 9.59 Å². The van der Waals surface area contributed by atoms with E-state index in [0.717, 1.165) is 32.1 Å². The molecule has 16 nitrogen and oxygen atoms in total. The average Bonchev–Trinajstić information content (AvgIpc) is 3.24. The fourth-order valence-electron chi connectivity index (χ4n) is 7.93. The number of hydrogen-bond donors (Lipinski definition) is 1. The number of phenolic OH excluding ortho intramolecular Hbond substituents is 1. The summed E-state index contributed by atoms with van der Waals surface area (Å²) in [6.45, 7) is 27.1. The molecule has 4 rings (SSSR count). The van der Waals surface area contributed by atoms with Crippen LogP contribution in [0.3, 0.4) is 0 Å². The fourth-order valence-corrected chi connectivity index (χ4v) is 7.93. The van der Waals surface area contributed by atoms with Crippen LogP contribution in [0.1, 0.15) is 142 Å². The SMILES string of the molecule is COCCCOc1cc(C(=O)N(C(C)C)[C@@H]2CCCN(C(=O)OC(C)(C)C)C2)ccc1O.COCCCOc1cc(C(=O)N(C(C)C)[C@@H]2CCCN(C(=O)OC(C)(C)C)C2)ccc1OC(C)C.